The van der Waals surface area contributed by atoms with Gasteiger partial charge < -0.3 is 18.9 Å². The monoisotopic (exact) mass is 747 g/mol. The molecule has 0 aromatic heterocycles. The van der Waals surface area contributed by atoms with E-state index in [4.69, 9.17) is 18.5 Å². The Morgan fingerprint density at radius 3 is 1.45 bits per heavy atom. The smallest absolute Gasteiger partial charge is 0.462 e. The summed E-state index contributed by atoms with van der Waals surface area (Å²) in [6.07, 6.45) is 34.0. The Morgan fingerprint density at radius 1 is 0.588 bits per heavy atom. The summed E-state index contributed by atoms with van der Waals surface area (Å²) in [6, 6.07) is 0. The molecule has 0 spiro atoms. The van der Waals surface area contributed by atoms with E-state index in [2.05, 4.69) is 26.0 Å². The minimum atomic E-state index is -4.36. The lowest BCUT2D eigenvalue weighted by Gasteiger charge is -2.24. The Balaban J connectivity index is 4.36. The number of phosphoric ester groups is 1. The van der Waals surface area contributed by atoms with Gasteiger partial charge in [0.15, 0.2) is 6.10 Å². The SMILES string of the molecule is CCCCCCCCC/C=C\CCCCCCCC(=O)OC[C@H](COP(=O)(O)OCC[N+](C)(C)C)OC(=O)CCCCCCCCCCCCC. The lowest BCUT2D eigenvalue weighted by molar-refractivity contribution is -0.870. The highest BCUT2D eigenvalue weighted by Crippen LogP contribution is 2.43. The molecule has 0 aliphatic heterocycles. The van der Waals surface area contributed by atoms with Gasteiger partial charge in [-0.2, -0.15) is 0 Å². The normalized spacial score (nSPS) is 13.8. The van der Waals surface area contributed by atoms with E-state index in [-0.39, 0.29) is 32.0 Å². The summed E-state index contributed by atoms with van der Waals surface area (Å²) in [5.74, 6) is -0.803. The highest BCUT2D eigenvalue weighted by Gasteiger charge is 2.27. The second-order valence-corrected chi connectivity index (χ2v) is 16.8. The van der Waals surface area contributed by atoms with Crippen molar-refractivity contribution < 1.29 is 42.1 Å². The molecular formula is C41H81NO8P+. The van der Waals surface area contributed by atoms with Crippen molar-refractivity contribution in [1.82, 2.24) is 0 Å². The summed E-state index contributed by atoms with van der Waals surface area (Å²) in [5.41, 5.74) is 0. The van der Waals surface area contributed by atoms with Crippen molar-refractivity contribution in [2.45, 2.75) is 193 Å². The summed E-state index contributed by atoms with van der Waals surface area (Å²) in [6.45, 7) is 4.41. The number of hydrogen-bond donors (Lipinski definition) is 1. The lowest BCUT2D eigenvalue weighted by atomic mass is 10.1. The molecule has 9 nitrogen and oxygen atoms in total. The first-order chi connectivity index (χ1) is 24.5. The Labute approximate surface area is 314 Å². The Morgan fingerprint density at radius 2 is 1.00 bits per heavy atom. The van der Waals surface area contributed by atoms with Gasteiger partial charge in [-0.1, -0.05) is 148 Å². The number of unbranched alkanes of at least 4 members (excludes halogenated alkanes) is 22. The number of carbonyl (C=O) groups is 2. The van der Waals surface area contributed by atoms with Gasteiger partial charge in [0.2, 0.25) is 0 Å². The van der Waals surface area contributed by atoms with Crippen LogP contribution in [0.15, 0.2) is 12.2 Å². The number of nitrogens with zero attached hydrogens (tertiary/aromatic N) is 1. The molecule has 0 aliphatic rings. The topological polar surface area (TPSA) is 108 Å². The molecule has 0 radical (unpaired) electrons. The van der Waals surface area contributed by atoms with Gasteiger partial charge in [-0.05, 0) is 38.5 Å². The molecule has 0 fully saturated rings. The molecule has 0 aromatic carbocycles. The molecule has 1 N–H and O–H groups in total. The van der Waals surface area contributed by atoms with Crippen molar-refractivity contribution >= 4 is 19.8 Å². The van der Waals surface area contributed by atoms with Crippen LogP contribution in [-0.4, -0.2) is 74.9 Å². The van der Waals surface area contributed by atoms with Gasteiger partial charge in [0.05, 0.1) is 27.7 Å². The fourth-order valence-corrected chi connectivity index (χ4v) is 6.46. The van der Waals surface area contributed by atoms with Crippen LogP contribution in [0.3, 0.4) is 0 Å². The third kappa shape index (κ3) is 38.3. The van der Waals surface area contributed by atoms with Crippen molar-refractivity contribution in [3.05, 3.63) is 12.2 Å². The number of rotatable bonds is 38. The summed E-state index contributed by atoms with van der Waals surface area (Å²) >= 11 is 0. The van der Waals surface area contributed by atoms with Crippen molar-refractivity contribution in [3.8, 4) is 0 Å². The fraction of sp³-hybridized carbons (Fsp3) is 0.902. The maximum absolute atomic E-state index is 12.6. The number of esters is 2. The largest absolute Gasteiger partial charge is 0.472 e. The van der Waals surface area contributed by atoms with Gasteiger partial charge in [0.25, 0.3) is 0 Å². The predicted octanol–water partition coefficient (Wildman–Crippen LogP) is 11.4. The number of allylic oxidation sites excluding steroid dienone is 2. The van der Waals surface area contributed by atoms with E-state index >= 15 is 0 Å². The highest BCUT2D eigenvalue weighted by molar-refractivity contribution is 7.47. The van der Waals surface area contributed by atoms with E-state index in [1.807, 2.05) is 21.1 Å². The Hall–Kier alpha value is -1.25. The highest BCUT2D eigenvalue weighted by atomic mass is 31.2. The lowest BCUT2D eigenvalue weighted by Crippen LogP contribution is -2.37. The van der Waals surface area contributed by atoms with Gasteiger partial charge >= 0.3 is 19.8 Å². The molecule has 302 valence electrons. The van der Waals surface area contributed by atoms with E-state index in [0.29, 0.717) is 17.4 Å². The molecule has 10 heteroatoms. The molecule has 1 unspecified atom stereocenters. The zero-order chi connectivity index (χ0) is 37.9. The fourth-order valence-electron chi connectivity index (χ4n) is 5.71. The predicted molar refractivity (Wildman–Crippen MR) is 211 cm³/mol. The van der Waals surface area contributed by atoms with Crippen LogP contribution in [-0.2, 0) is 32.7 Å². The summed E-state index contributed by atoms with van der Waals surface area (Å²) < 4.78 is 34.2. The van der Waals surface area contributed by atoms with Crippen molar-refractivity contribution in [2.75, 3.05) is 47.5 Å². The standard InChI is InChI=1S/C41H80NO8P/c1-6-8-10-12-14-16-18-19-20-21-22-24-25-27-29-31-33-40(43)47-37-39(38-49-51(45,46)48-36-35-42(3,4)5)50-41(44)34-32-30-28-26-23-17-15-13-11-9-7-2/h20-21,39H,6-19,22-38H2,1-5H3/p+1/b21-20-/t39-/m1/s1. The van der Waals surface area contributed by atoms with Gasteiger partial charge in [-0.3, -0.25) is 18.6 Å². The number of likely N-dealkylation sites (N-methyl/N-ethyl adjacent to an activating group) is 1. The van der Waals surface area contributed by atoms with Crippen molar-refractivity contribution in [3.63, 3.8) is 0 Å². The zero-order valence-electron chi connectivity index (χ0n) is 33.9. The molecule has 0 saturated heterocycles. The minimum absolute atomic E-state index is 0.0333. The van der Waals surface area contributed by atoms with Crippen LogP contribution in [0.1, 0.15) is 187 Å². The number of hydrogen-bond acceptors (Lipinski definition) is 7. The van der Waals surface area contributed by atoms with E-state index in [1.54, 1.807) is 0 Å². The van der Waals surface area contributed by atoms with Crippen LogP contribution in [0.4, 0.5) is 0 Å². The molecule has 0 aliphatic carbocycles. The number of quaternary nitrogens is 1. The van der Waals surface area contributed by atoms with E-state index in [9.17, 15) is 19.0 Å². The molecule has 0 saturated carbocycles. The first-order valence-corrected chi connectivity index (χ1v) is 22.4. The molecular weight excluding hydrogens is 665 g/mol. The quantitative estimate of drug-likeness (QED) is 0.0219. The van der Waals surface area contributed by atoms with Gasteiger partial charge in [0, 0.05) is 12.8 Å². The average molecular weight is 747 g/mol. The van der Waals surface area contributed by atoms with Crippen molar-refractivity contribution in [2.24, 2.45) is 0 Å². The van der Waals surface area contributed by atoms with Crippen LogP contribution in [0.25, 0.3) is 0 Å². The third-order valence-electron chi connectivity index (χ3n) is 9.05. The van der Waals surface area contributed by atoms with Crippen LogP contribution < -0.4 is 0 Å². The summed E-state index contributed by atoms with van der Waals surface area (Å²) in [7, 11) is 1.48. The number of ether oxygens (including phenoxy) is 2. The average Bonchev–Trinajstić information content (AvgIpc) is 3.07. The van der Waals surface area contributed by atoms with Crippen LogP contribution >= 0.6 is 7.82 Å². The van der Waals surface area contributed by atoms with Crippen LogP contribution in [0.5, 0.6) is 0 Å². The van der Waals surface area contributed by atoms with E-state index in [1.165, 1.54) is 103 Å². The zero-order valence-corrected chi connectivity index (χ0v) is 34.7. The van der Waals surface area contributed by atoms with Crippen molar-refractivity contribution in [1.29, 1.82) is 0 Å². The first kappa shape index (κ1) is 49.8. The molecule has 0 heterocycles. The summed E-state index contributed by atoms with van der Waals surface area (Å²) in [5, 5.41) is 0. The Kier molecular flexibility index (Phi) is 33.7. The molecule has 2 atom stereocenters. The third-order valence-corrected chi connectivity index (χ3v) is 10.0. The van der Waals surface area contributed by atoms with E-state index < -0.39 is 26.5 Å². The second kappa shape index (κ2) is 34.5. The first-order valence-electron chi connectivity index (χ1n) is 20.9. The van der Waals surface area contributed by atoms with Crippen LogP contribution in [0.2, 0.25) is 0 Å². The van der Waals surface area contributed by atoms with Crippen LogP contribution in [0, 0.1) is 0 Å². The molecule has 51 heavy (non-hydrogen) atoms. The number of phosphoric acid groups is 1. The molecule has 0 rings (SSSR count). The molecule has 0 aromatic rings. The Bertz CT molecular complexity index is 891. The van der Waals surface area contributed by atoms with E-state index in [0.717, 1.165) is 51.4 Å². The molecule has 0 bridgehead atoms. The van der Waals surface area contributed by atoms with Gasteiger partial charge in [0.1, 0.15) is 19.8 Å². The van der Waals surface area contributed by atoms with Gasteiger partial charge in [-0.15, -0.1) is 0 Å². The maximum Gasteiger partial charge on any atom is 0.472 e. The molecule has 0 amide bonds. The minimum Gasteiger partial charge on any atom is -0.462 e. The maximum atomic E-state index is 12.6. The summed E-state index contributed by atoms with van der Waals surface area (Å²) in [4.78, 5) is 35.2. The number of carbonyl (C=O) groups excluding carboxylic acids is 2. The van der Waals surface area contributed by atoms with Gasteiger partial charge in [-0.25, -0.2) is 4.57 Å². The second-order valence-electron chi connectivity index (χ2n) is 15.4.